The number of halogens is 3. The molecule has 0 bridgehead atoms. The predicted octanol–water partition coefficient (Wildman–Crippen LogP) is 3.99. The highest BCUT2D eigenvalue weighted by Crippen LogP contribution is 2.55. The average Bonchev–Trinajstić information content (AvgIpc) is 2.74. The van der Waals surface area contributed by atoms with Crippen molar-refractivity contribution in [3.63, 3.8) is 0 Å². The van der Waals surface area contributed by atoms with Crippen molar-refractivity contribution in [3.05, 3.63) is 0 Å². The molecule has 2 saturated carbocycles. The van der Waals surface area contributed by atoms with Crippen LogP contribution in [0.3, 0.4) is 0 Å². The minimum atomic E-state index is -2.35. The molecule has 0 aromatic carbocycles. The number of hydrogen-bond donors (Lipinski definition) is 0. The van der Waals surface area contributed by atoms with Gasteiger partial charge in [0, 0.05) is 18.2 Å². The third-order valence-corrected chi connectivity index (χ3v) is 4.66. The summed E-state index contributed by atoms with van der Waals surface area (Å²) in [5, 5.41) is 1.00. The quantitative estimate of drug-likeness (QED) is 0.667. The second-order valence-electron chi connectivity index (χ2n) is 4.80. The first-order valence-electron chi connectivity index (χ1n) is 4.99. The van der Waals surface area contributed by atoms with E-state index in [1.165, 1.54) is 12.8 Å². The van der Waals surface area contributed by atoms with Crippen LogP contribution in [0.25, 0.3) is 0 Å². The van der Waals surface area contributed by atoms with Crippen molar-refractivity contribution in [3.8, 4) is 0 Å². The summed E-state index contributed by atoms with van der Waals surface area (Å²) >= 11 is 3.48. The number of hydrogen-bond acceptors (Lipinski definition) is 0. The summed E-state index contributed by atoms with van der Waals surface area (Å²) < 4.78 is 25.8. The molecule has 2 fully saturated rings. The highest BCUT2D eigenvalue weighted by molar-refractivity contribution is 9.09. The van der Waals surface area contributed by atoms with E-state index < -0.39 is 5.92 Å². The van der Waals surface area contributed by atoms with Gasteiger partial charge in [-0.25, -0.2) is 8.78 Å². The van der Waals surface area contributed by atoms with Crippen LogP contribution in [0.4, 0.5) is 8.78 Å². The van der Waals surface area contributed by atoms with Crippen molar-refractivity contribution < 1.29 is 8.78 Å². The molecule has 0 aromatic heterocycles. The standard InChI is InChI=1S/C10H15BrF2/c11-7-9(3-4-9)5-8-1-2-10(12,13)6-8/h8H,1-7H2. The van der Waals surface area contributed by atoms with Crippen LogP contribution in [0.1, 0.15) is 38.5 Å². The Hall–Kier alpha value is 0.340. The van der Waals surface area contributed by atoms with Gasteiger partial charge in [0.25, 0.3) is 0 Å². The van der Waals surface area contributed by atoms with E-state index in [9.17, 15) is 8.78 Å². The zero-order valence-corrected chi connectivity index (χ0v) is 9.25. The molecule has 2 aliphatic rings. The van der Waals surface area contributed by atoms with Crippen LogP contribution < -0.4 is 0 Å². The topological polar surface area (TPSA) is 0 Å². The second-order valence-corrected chi connectivity index (χ2v) is 5.36. The Morgan fingerprint density at radius 2 is 1.92 bits per heavy atom. The van der Waals surface area contributed by atoms with Crippen molar-refractivity contribution in [1.29, 1.82) is 0 Å². The molecule has 0 amide bonds. The lowest BCUT2D eigenvalue weighted by molar-refractivity contribution is 0.00402. The zero-order chi connectivity index (χ0) is 9.53. The van der Waals surface area contributed by atoms with E-state index in [0.717, 1.165) is 18.2 Å². The van der Waals surface area contributed by atoms with Gasteiger partial charge in [0.05, 0.1) is 0 Å². The molecule has 76 valence electrons. The summed E-state index contributed by atoms with van der Waals surface area (Å²) in [5.74, 6) is -2.07. The van der Waals surface area contributed by atoms with E-state index in [2.05, 4.69) is 15.9 Å². The summed E-state index contributed by atoms with van der Waals surface area (Å²) in [6, 6.07) is 0. The second kappa shape index (κ2) is 3.18. The van der Waals surface area contributed by atoms with Gasteiger partial charge in [-0.2, -0.15) is 0 Å². The predicted molar refractivity (Wildman–Crippen MR) is 52.4 cm³/mol. The van der Waals surface area contributed by atoms with E-state index in [1.54, 1.807) is 0 Å². The zero-order valence-electron chi connectivity index (χ0n) is 7.66. The molecular formula is C10H15BrF2. The molecule has 2 rings (SSSR count). The van der Waals surface area contributed by atoms with Crippen molar-refractivity contribution in [1.82, 2.24) is 0 Å². The van der Waals surface area contributed by atoms with Gasteiger partial charge in [-0.15, -0.1) is 0 Å². The summed E-state index contributed by atoms with van der Waals surface area (Å²) in [6.07, 6.45) is 4.49. The van der Waals surface area contributed by atoms with Gasteiger partial charge in [-0.3, -0.25) is 0 Å². The maximum Gasteiger partial charge on any atom is 0.248 e. The van der Waals surface area contributed by atoms with Crippen LogP contribution in [0, 0.1) is 11.3 Å². The number of alkyl halides is 3. The minimum absolute atomic E-state index is 0.121. The Labute approximate surface area is 86.2 Å². The normalized spacial score (nSPS) is 34.8. The highest BCUT2D eigenvalue weighted by atomic mass is 79.9. The molecule has 1 unspecified atom stereocenters. The van der Waals surface area contributed by atoms with Crippen LogP contribution in [-0.2, 0) is 0 Å². The number of rotatable bonds is 3. The lowest BCUT2D eigenvalue weighted by Crippen LogP contribution is -2.13. The first-order valence-corrected chi connectivity index (χ1v) is 6.11. The Bertz CT molecular complexity index is 199. The molecule has 3 heteroatoms. The largest absolute Gasteiger partial charge is 0.248 e. The maximum atomic E-state index is 12.9. The third kappa shape index (κ3) is 2.23. The van der Waals surface area contributed by atoms with E-state index in [4.69, 9.17) is 0 Å². The van der Waals surface area contributed by atoms with E-state index in [0.29, 0.717) is 5.41 Å². The van der Waals surface area contributed by atoms with Crippen LogP contribution >= 0.6 is 15.9 Å². The smallest absolute Gasteiger partial charge is 0.207 e. The summed E-state index contributed by atoms with van der Waals surface area (Å²) in [4.78, 5) is 0. The first-order chi connectivity index (χ1) is 6.05. The van der Waals surface area contributed by atoms with Crippen LogP contribution in [0.2, 0.25) is 0 Å². The molecule has 0 saturated heterocycles. The fourth-order valence-corrected chi connectivity index (χ4v) is 3.19. The van der Waals surface area contributed by atoms with E-state index in [1.807, 2.05) is 0 Å². The van der Waals surface area contributed by atoms with Gasteiger partial charge in [0.1, 0.15) is 0 Å². The fourth-order valence-electron chi connectivity index (χ4n) is 2.40. The lowest BCUT2D eigenvalue weighted by atomic mass is 9.92. The van der Waals surface area contributed by atoms with E-state index >= 15 is 0 Å². The first kappa shape index (κ1) is 9.88. The minimum Gasteiger partial charge on any atom is -0.207 e. The third-order valence-electron chi connectivity index (χ3n) is 3.47. The molecule has 13 heavy (non-hydrogen) atoms. The average molecular weight is 253 g/mol. The van der Waals surface area contributed by atoms with Crippen molar-refractivity contribution in [2.45, 2.75) is 44.4 Å². The van der Waals surface area contributed by atoms with Crippen molar-refractivity contribution in [2.75, 3.05) is 5.33 Å². The summed E-state index contributed by atoms with van der Waals surface area (Å²) in [6.45, 7) is 0. The molecule has 0 aromatic rings. The van der Waals surface area contributed by atoms with Crippen LogP contribution in [0.5, 0.6) is 0 Å². The molecule has 1 atom stereocenters. The molecule has 0 aliphatic heterocycles. The summed E-state index contributed by atoms with van der Waals surface area (Å²) in [7, 11) is 0. The maximum absolute atomic E-state index is 12.9. The summed E-state index contributed by atoms with van der Waals surface area (Å²) in [5.41, 5.74) is 0.408. The van der Waals surface area contributed by atoms with Crippen LogP contribution in [-0.4, -0.2) is 11.3 Å². The highest BCUT2D eigenvalue weighted by Gasteiger charge is 2.47. The van der Waals surface area contributed by atoms with Gasteiger partial charge in [0.2, 0.25) is 5.92 Å². The Kier molecular flexibility index (Phi) is 2.42. The van der Waals surface area contributed by atoms with Gasteiger partial charge >= 0.3 is 0 Å². The van der Waals surface area contributed by atoms with Crippen molar-refractivity contribution >= 4 is 15.9 Å². The van der Waals surface area contributed by atoms with Gasteiger partial charge < -0.3 is 0 Å². The molecule has 0 N–H and O–H groups in total. The van der Waals surface area contributed by atoms with Gasteiger partial charge in [0.15, 0.2) is 0 Å². The Morgan fingerprint density at radius 1 is 1.23 bits per heavy atom. The Morgan fingerprint density at radius 3 is 2.31 bits per heavy atom. The monoisotopic (exact) mass is 252 g/mol. The molecule has 0 heterocycles. The van der Waals surface area contributed by atoms with Gasteiger partial charge in [-0.05, 0) is 37.0 Å². The van der Waals surface area contributed by atoms with Crippen molar-refractivity contribution in [2.24, 2.45) is 11.3 Å². The molecule has 0 radical (unpaired) electrons. The molecule has 2 aliphatic carbocycles. The molecule has 0 nitrogen and oxygen atoms in total. The molecular weight excluding hydrogens is 238 g/mol. The molecule has 0 spiro atoms. The SMILES string of the molecule is FC1(F)CCC(CC2(CBr)CC2)C1. The van der Waals surface area contributed by atoms with Crippen LogP contribution in [0.15, 0.2) is 0 Å². The van der Waals surface area contributed by atoms with E-state index in [-0.39, 0.29) is 18.8 Å². The van der Waals surface area contributed by atoms with Gasteiger partial charge in [-0.1, -0.05) is 15.9 Å². The fraction of sp³-hybridized carbons (Fsp3) is 1.00. The lowest BCUT2D eigenvalue weighted by Gasteiger charge is -2.16. The Balaban J connectivity index is 1.84.